The number of carbonyl (C=O) groups is 1. The lowest BCUT2D eigenvalue weighted by atomic mass is 10.1. The molecule has 3 saturated heterocycles. The average molecular weight is 418 g/mol. The Morgan fingerprint density at radius 2 is 1.93 bits per heavy atom. The molecule has 0 unspecified atom stereocenters. The van der Waals surface area contributed by atoms with Gasteiger partial charge in [-0.25, -0.2) is 13.8 Å². The van der Waals surface area contributed by atoms with E-state index in [2.05, 4.69) is 32.8 Å². The number of fused-ring (bicyclic) bond motifs is 1. The third-order valence-corrected chi connectivity index (χ3v) is 6.76. The summed E-state index contributed by atoms with van der Waals surface area (Å²) in [6, 6.07) is 8.07. The predicted octanol–water partition coefficient (Wildman–Crippen LogP) is 1.29. The molecule has 2 atom stereocenters. The van der Waals surface area contributed by atoms with Crippen molar-refractivity contribution in [2.24, 2.45) is 7.05 Å². The standard InChI is InChI=1S/C21H28F2N6O/c1-26-18-5-3-2-4-16(18)25-20(26)28-10-8-27(9-11-28)15-12-17(24-13-15)19(30)29-7-6-21(22,23)14-29/h2-5,15,17,24H,6-14H2,1H3/t15-,17-/m0/s1. The van der Waals surface area contributed by atoms with E-state index in [0.717, 1.165) is 49.7 Å². The Bertz CT molecular complexity index is 939. The van der Waals surface area contributed by atoms with Crippen molar-refractivity contribution in [3.05, 3.63) is 24.3 Å². The number of imidazole rings is 1. The maximum Gasteiger partial charge on any atom is 0.267 e. The zero-order chi connectivity index (χ0) is 20.9. The van der Waals surface area contributed by atoms with Gasteiger partial charge in [0.15, 0.2) is 0 Å². The van der Waals surface area contributed by atoms with Crippen LogP contribution in [0.2, 0.25) is 0 Å². The monoisotopic (exact) mass is 418 g/mol. The van der Waals surface area contributed by atoms with Gasteiger partial charge < -0.3 is 19.7 Å². The van der Waals surface area contributed by atoms with E-state index in [9.17, 15) is 13.6 Å². The second-order valence-electron chi connectivity index (χ2n) is 8.70. The number of likely N-dealkylation sites (tertiary alicyclic amines) is 1. The first-order valence-electron chi connectivity index (χ1n) is 10.7. The van der Waals surface area contributed by atoms with Gasteiger partial charge in [0.2, 0.25) is 11.9 Å². The number of nitrogens with zero attached hydrogens (tertiary/aromatic N) is 5. The van der Waals surface area contributed by atoms with Crippen LogP contribution in [0.3, 0.4) is 0 Å². The number of hydrogen-bond donors (Lipinski definition) is 1. The number of piperazine rings is 1. The molecule has 0 aliphatic carbocycles. The number of alkyl halides is 2. The van der Waals surface area contributed by atoms with Gasteiger partial charge in [-0.1, -0.05) is 12.1 Å². The van der Waals surface area contributed by atoms with Crippen molar-refractivity contribution in [2.75, 3.05) is 50.7 Å². The number of benzene rings is 1. The molecular weight excluding hydrogens is 390 g/mol. The fourth-order valence-electron chi connectivity index (χ4n) is 5.03. The van der Waals surface area contributed by atoms with E-state index in [1.165, 1.54) is 4.90 Å². The molecule has 1 aromatic heterocycles. The van der Waals surface area contributed by atoms with Crippen LogP contribution in [0.1, 0.15) is 12.8 Å². The predicted molar refractivity (Wildman–Crippen MR) is 111 cm³/mol. The molecule has 30 heavy (non-hydrogen) atoms. The van der Waals surface area contributed by atoms with Crippen LogP contribution in [-0.2, 0) is 11.8 Å². The first-order valence-corrected chi connectivity index (χ1v) is 10.7. The second-order valence-corrected chi connectivity index (χ2v) is 8.70. The molecule has 3 aliphatic rings. The van der Waals surface area contributed by atoms with E-state index in [4.69, 9.17) is 4.98 Å². The maximum atomic E-state index is 13.4. The highest BCUT2D eigenvalue weighted by molar-refractivity contribution is 5.82. The molecule has 5 rings (SSSR count). The summed E-state index contributed by atoms with van der Waals surface area (Å²) < 4.78 is 29.0. The van der Waals surface area contributed by atoms with E-state index in [1.807, 2.05) is 18.2 Å². The lowest BCUT2D eigenvalue weighted by Gasteiger charge is -2.38. The number of rotatable bonds is 3. The fraction of sp³-hybridized carbons (Fsp3) is 0.619. The minimum Gasteiger partial charge on any atom is -0.340 e. The molecule has 0 bridgehead atoms. The molecule has 162 valence electrons. The summed E-state index contributed by atoms with van der Waals surface area (Å²) >= 11 is 0. The molecule has 4 heterocycles. The average Bonchev–Trinajstić information content (AvgIpc) is 3.45. The van der Waals surface area contributed by atoms with Crippen molar-refractivity contribution >= 4 is 22.9 Å². The topological polar surface area (TPSA) is 56.6 Å². The van der Waals surface area contributed by atoms with Crippen LogP contribution in [-0.4, -0.2) is 89.1 Å². The van der Waals surface area contributed by atoms with Gasteiger partial charge >= 0.3 is 0 Å². The van der Waals surface area contributed by atoms with E-state index in [1.54, 1.807) is 0 Å². The van der Waals surface area contributed by atoms with Gasteiger partial charge in [-0.15, -0.1) is 0 Å². The summed E-state index contributed by atoms with van der Waals surface area (Å²) in [4.78, 5) is 23.5. The molecule has 0 spiro atoms. The Kier molecular flexibility index (Phi) is 4.89. The largest absolute Gasteiger partial charge is 0.340 e. The highest BCUT2D eigenvalue weighted by Gasteiger charge is 2.43. The van der Waals surface area contributed by atoms with Gasteiger partial charge in [-0.3, -0.25) is 9.69 Å². The normalized spacial score (nSPS) is 27.3. The van der Waals surface area contributed by atoms with Gasteiger partial charge in [0.1, 0.15) is 0 Å². The summed E-state index contributed by atoms with van der Waals surface area (Å²) in [5, 5.41) is 3.27. The third kappa shape index (κ3) is 3.54. The molecule has 1 N–H and O–H groups in total. The summed E-state index contributed by atoms with van der Waals surface area (Å²) in [5.74, 6) is -1.92. The third-order valence-electron chi connectivity index (χ3n) is 6.76. The number of aryl methyl sites for hydroxylation is 1. The lowest BCUT2D eigenvalue weighted by molar-refractivity contribution is -0.133. The molecule has 7 nitrogen and oxygen atoms in total. The first-order chi connectivity index (χ1) is 14.4. The van der Waals surface area contributed by atoms with Crippen LogP contribution in [0.15, 0.2) is 24.3 Å². The van der Waals surface area contributed by atoms with Crippen molar-refractivity contribution in [3.8, 4) is 0 Å². The fourth-order valence-corrected chi connectivity index (χ4v) is 5.03. The summed E-state index contributed by atoms with van der Waals surface area (Å²) in [5.41, 5.74) is 2.13. The molecule has 3 fully saturated rings. The second kappa shape index (κ2) is 7.46. The van der Waals surface area contributed by atoms with E-state index < -0.39 is 12.5 Å². The Morgan fingerprint density at radius 3 is 2.63 bits per heavy atom. The molecule has 0 saturated carbocycles. The first kappa shape index (κ1) is 19.7. The number of amides is 1. The molecule has 3 aliphatic heterocycles. The van der Waals surface area contributed by atoms with Crippen LogP contribution in [0, 0.1) is 0 Å². The van der Waals surface area contributed by atoms with E-state index in [0.29, 0.717) is 6.42 Å². The Morgan fingerprint density at radius 1 is 1.17 bits per heavy atom. The summed E-state index contributed by atoms with van der Waals surface area (Å²) in [6.45, 7) is 4.01. The number of halogens is 2. The van der Waals surface area contributed by atoms with Crippen molar-refractivity contribution in [1.29, 1.82) is 0 Å². The number of anilines is 1. The van der Waals surface area contributed by atoms with Gasteiger partial charge in [0.25, 0.3) is 5.92 Å². The Hall–Kier alpha value is -2.26. The number of nitrogens with one attached hydrogen (secondary N) is 1. The van der Waals surface area contributed by atoms with Crippen molar-refractivity contribution in [1.82, 2.24) is 24.7 Å². The number of aromatic nitrogens is 2. The van der Waals surface area contributed by atoms with Crippen LogP contribution in [0.4, 0.5) is 14.7 Å². The van der Waals surface area contributed by atoms with E-state index in [-0.39, 0.29) is 31.0 Å². The number of hydrogen-bond acceptors (Lipinski definition) is 5. The molecule has 1 aromatic carbocycles. The smallest absolute Gasteiger partial charge is 0.267 e. The summed E-state index contributed by atoms with van der Waals surface area (Å²) in [7, 11) is 2.05. The molecule has 1 amide bonds. The Labute approximate surface area is 174 Å². The van der Waals surface area contributed by atoms with Gasteiger partial charge in [-0.05, 0) is 18.6 Å². The van der Waals surface area contributed by atoms with Gasteiger partial charge in [-0.2, -0.15) is 0 Å². The zero-order valence-electron chi connectivity index (χ0n) is 17.2. The summed E-state index contributed by atoms with van der Waals surface area (Å²) in [6.07, 6.45) is 0.465. The number of carbonyl (C=O) groups excluding carboxylic acids is 1. The number of para-hydroxylation sites is 2. The van der Waals surface area contributed by atoms with Crippen LogP contribution < -0.4 is 10.2 Å². The zero-order valence-corrected chi connectivity index (χ0v) is 17.2. The highest BCUT2D eigenvalue weighted by Crippen LogP contribution is 2.29. The maximum absolute atomic E-state index is 13.4. The quantitative estimate of drug-likeness (QED) is 0.814. The van der Waals surface area contributed by atoms with E-state index >= 15 is 0 Å². The minimum absolute atomic E-state index is 0.158. The van der Waals surface area contributed by atoms with Crippen LogP contribution in [0.5, 0.6) is 0 Å². The van der Waals surface area contributed by atoms with Gasteiger partial charge in [0, 0.05) is 58.8 Å². The van der Waals surface area contributed by atoms with Crippen molar-refractivity contribution < 1.29 is 13.6 Å². The molecular formula is C21H28F2N6O. The van der Waals surface area contributed by atoms with Gasteiger partial charge in [0.05, 0.1) is 23.6 Å². The van der Waals surface area contributed by atoms with Crippen LogP contribution in [0.25, 0.3) is 11.0 Å². The Balaban J connectivity index is 1.17. The van der Waals surface area contributed by atoms with Crippen molar-refractivity contribution in [3.63, 3.8) is 0 Å². The molecule has 2 aromatic rings. The minimum atomic E-state index is -2.74. The SMILES string of the molecule is Cn1c(N2CCN([C@@H]3CN[C@H](C(=O)N4CCC(F)(F)C4)C3)CC2)nc2ccccc21. The molecule has 9 heteroatoms. The lowest BCUT2D eigenvalue weighted by Crippen LogP contribution is -2.51. The highest BCUT2D eigenvalue weighted by atomic mass is 19.3. The van der Waals surface area contributed by atoms with Crippen molar-refractivity contribution in [2.45, 2.75) is 30.8 Å². The van der Waals surface area contributed by atoms with Crippen LogP contribution >= 0.6 is 0 Å². The molecule has 0 radical (unpaired) electrons.